The first-order valence-corrected chi connectivity index (χ1v) is 12.3. The number of hydrogen-bond acceptors (Lipinski definition) is 8. The summed E-state index contributed by atoms with van der Waals surface area (Å²) in [6, 6.07) is 18.2. The molecule has 1 aliphatic heterocycles. The van der Waals surface area contributed by atoms with Crippen molar-refractivity contribution >= 4 is 6.16 Å². The molecular formula is C27H31N3O6. The highest BCUT2D eigenvalue weighted by Crippen LogP contribution is 2.41. The van der Waals surface area contributed by atoms with Gasteiger partial charge in [-0.1, -0.05) is 66.2 Å². The van der Waals surface area contributed by atoms with Crippen LogP contribution in [0, 0.1) is 5.41 Å². The third-order valence-electron chi connectivity index (χ3n) is 6.85. The molecule has 9 heteroatoms. The second-order valence-electron chi connectivity index (χ2n) is 9.73. The van der Waals surface area contributed by atoms with Crippen molar-refractivity contribution in [2.24, 2.45) is 5.41 Å². The van der Waals surface area contributed by atoms with Gasteiger partial charge >= 0.3 is 6.16 Å². The predicted molar refractivity (Wildman–Crippen MR) is 130 cm³/mol. The maximum absolute atomic E-state index is 10.6. The highest BCUT2D eigenvalue weighted by Gasteiger charge is 2.37. The summed E-state index contributed by atoms with van der Waals surface area (Å²) in [6.07, 6.45) is 1.96. The zero-order valence-electron chi connectivity index (χ0n) is 20.2. The third kappa shape index (κ3) is 6.29. The van der Waals surface area contributed by atoms with Crippen LogP contribution in [0.4, 0.5) is 4.79 Å². The van der Waals surface area contributed by atoms with Gasteiger partial charge in [0.05, 0.1) is 19.8 Å². The van der Waals surface area contributed by atoms with Crippen molar-refractivity contribution in [3.05, 3.63) is 71.6 Å². The molecule has 2 aromatic carbocycles. The summed E-state index contributed by atoms with van der Waals surface area (Å²) in [4.78, 5) is 17.2. The van der Waals surface area contributed by atoms with Crippen LogP contribution in [0.3, 0.4) is 0 Å². The fourth-order valence-electron chi connectivity index (χ4n) is 4.64. The van der Waals surface area contributed by atoms with Gasteiger partial charge in [0.25, 0.3) is 5.89 Å². The van der Waals surface area contributed by atoms with E-state index in [0.29, 0.717) is 44.6 Å². The molecule has 5 rings (SSSR count). The van der Waals surface area contributed by atoms with Gasteiger partial charge in [0.1, 0.15) is 12.7 Å². The molecule has 2 heterocycles. The number of likely N-dealkylation sites (tertiary alicyclic amines) is 1. The molecule has 0 bridgehead atoms. The molecule has 190 valence electrons. The second-order valence-corrected chi connectivity index (χ2v) is 9.73. The quantitative estimate of drug-likeness (QED) is 0.364. The molecule has 36 heavy (non-hydrogen) atoms. The normalized spacial score (nSPS) is 17.3. The third-order valence-corrected chi connectivity index (χ3v) is 6.85. The SMILES string of the molecule is O=C(O)OC1CN(Cc2ccc(-c3noc(COCC4(COCc5ccccc5)CCC4)n3)cc2)C1. The molecule has 1 saturated heterocycles. The van der Waals surface area contributed by atoms with Crippen LogP contribution in [0.15, 0.2) is 59.1 Å². The average molecular weight is 494 g/mol. The van der Waals surface area contributed by atoms with Crippen LogP contribution in [-0.2, 0) is 34.0 Å². The average Bonchev–Trinajstić information content (AvgIpc) is 3.30. The van der Waals surface area contributed by atoms with E-state index in [1.165, 1.54) is 12.0 Å². The van der Waals surface area contributed by atoms with Crippen LogP contribution in [0.25, 0.3) is 11.4 Å². The lowest BCUT2D eigenvalue weighted by molar-refractivity contribution is -0.0773. The van der Waals surface area contributed by atoms with Crippen molar-refractivity contribution in [1.29, 1.82) is 0 Å². The van der Waals surface area contributed by atoms with Gasteiger partial charge in [0.2, 0.25) is 5.82 Å². The molecule has 2 fully saturated rings. The number of carboxylic acid groups (broad SMARTS) is 1. The molecule has 1 aliphatic carbocycles. The Labute approximate surface area is 210 Å². The fourth-order valence-corrected chi connectivity index (χ4v) is 4.64. The van der Waals surface area contributed by atoms with Gasteiger partial charge in [0.15, 0.2) is 0 Å². The predicted octanol–water partition coefficient (Wildman–Crippen LogP) is 4.52. The van der Waals surface area contributed by atoms with Gasteiger partial charge in [-0.05, 0) is 24.0 Å². The number of benzene rings is 2. The Bertz CT molecular complexity index is 1120. The Balaban J connectivity index is 1.05. The van der Waals surface area contributed by atoms with Gasteiger partial charge in [-0.3, -0.25) is 4.90 Å². The minimum Gasteiger partial charge on any atom is -0.450 e. The van der Waals surface area contributed by atoms with E-state index < -0.39 is 6.16 Å². The largest absolute Gasteiger partial charge is 0.506 e. The molecule has 0 unspecified atom stereocenters. The van der Waals surface area contributed by atoms with Gasteiger partial charge in [-0.25, -0.2) is 4.79 Å². The first-order chi connectivity index (χ1) is 17.6. The van der Waals surface area contributed by atoms with Crippen molar-refractivity contribution in [2.75, 3.05) is 26.3 Å². The minimum absolute atomic E-state index is 0.0731. The Morgan fingerprint density at radius 1 is 1.00 bits per heavy atom. The Hall–Kier alpha value is -3.27. The van der Waals surface area contributed by atoms with E-state index in [4.69, 9.17) is 23.8 Å². The van der Waals surface area contributed by atoms with Crippen LogP contribution in [-0.4, -0.2) is 58.7 Å². The van der Waals surface area contributed by atoms with E-state index in [2.05, 4.69) is 27.2 Å². The lowest BCUT2D eigenvalue weighted by Gasteiger charge is -2.41. The van der Waals surface area contributed by atoms with Crippen molar-refractivity contribution in [2.45, 2.75) is 45.1 Å². The number of aromatic nitrogens is 2. The zero-order valence-corrected chi connectivity index (χ0v) is 20.2. The van der Waals surface area contributed by atoms with Gasteiger partial charge in [-0.15, -0.1) is 0 Å². The number of rotatable bonds is 12. The Morgan fingerprint density at radius 3 is 2.39 bits per heavy atom. The smallest absolute Gasteiger partial charge is 0.450 e. The highest BCUT2D eigenvalue weighted by molar-refractivity contribution is 5.57. The Morgan fingerprint density at radius 2 is 1.72 bits per heavy atom. The van der Waals surface area contributed by atoms with Gasteiger partial charge < -0.3 is 23.8 Å². The van der Waals surface area contributed by atoms with E-state index >= 15 is 0 Å². The van der Waals surface area contributed by atoms with Crippen LogP contribution in [0.5, 0.6) is 0 Å². The molecule has 9 nitrogen and oxygen atoms in total. The summed E-state index contributed by atoms with van der Waals surface area (Å²) in [5.74, 6) is 0.988. The standard InChI is InChI=1S/C27H31N3O6/c31-26(32)35-23-14-30(15-23)13-20-7-9-22(10-8-20)25-28-24(36-29-25)17-34-19-27(11-4-12-27)18-33-16-21-5-2-1-3-6-21/h1-3,5-10,23H,4,11-19H2,(H,31,32). The van der Waals surface area contributed by atoms with Crippen molar-refractivity contribution in [3.63, 3.8) is 0 Å². The summed E-state index contributed by atoms with van der Waals surface area (Å²) in [5, 5.41) is 12.8. The van der Waals surface area contributed by atoms with Crippen LogP contribution < -0.4 is 0 Å². The first-order valence-electron chi connectivity index (χ1n) is 12.3. The maximum Gasteiger partial charge on any atom is 0.506 e. The highest BCUT2D eigenvalue weighted by atomic mass is 16.7. The van der Waals surface area contributed by atoms with Gasteiger partial charge in [0, 0.05) is 30.6 Å². The number of carbonyl (C=O) groups is 1. The van der Waals surface area contributed by atoms with Crippen LogP contribution in [0.1, 0.15) is 36.3 Å². The van der Waals surface area contributed by atoms with E-state index in [9.17, 15) is 4.79 Å². The molecule has 1 N–H and O–H groups in total. The molecule has 2 aliphatic rings. The molecule has 3 aromatic rings. The van der Waals surface area contributed by atoms with Crippen molar-refractivity contribution in [3.8, 4) is 11.4 Å². The fraction of sp³-hybridized carbons (Fsp3) is 0.444. The lowest BCUT2D eigenvalue weighted by atomic mass is 9.70. The molecule has 1 aromatic heterocycles. The van der Waals surface area contributed by atoms with E-state index in [1.807, 2.05) is 42.5 Å². The van der Waals surface area contributed by atoms with Crippen molar-refractivity contribution in [1.82, 2.24) is 15.0 Å². The van der Waals surface area contributed by atoms with Crippen LogP contribution >= 0.6 is 0 Å². The minimum atomic E-state index is -1.22. The molecule has 0 spiro atoms. The van der Waals surface area contributed by atoms with E-state index in [-0.39, 0.29) is 18.1 Å². The van der Waals surface area contributed by atoms with Gasteiger partial charge in [-0.2, -0.15) is 4.98 Å². The second kappa shape index (κ2) is 11.2. The van der Waals surface area contributed by atoms with Crippen molar-refractivity contribution < 1.29 is 28.6 Å². The molecule has 0 amide bonds. The molecular weight excluding hydrogens is 462 g/mol. The summed E-state index contributed by atoms with van der Waals surface area (Å²) in [6.45, 7) is 4.16. The lowest BCUT2D eigenvalue weighted by Crippen LogP contribution is -2.52. The summed E-state index contributed by atoms with van der Waals surface area (Å²) >= 11 is 0. The number of nitrogens with zero attached hydrogens (tertiary/aromatic N) is 3. The maximum atomic E-state index is 10.6. The van der Waals surface area contributed by atoms with E-state index in [1.54, 1.807) is 0 Å². The first kappa shape index (κ1) is 24.4. The topological polar surface area (TPSA) is 107 Å². The monoisotopic (exact) mass is 493 g/mol. The van der Waals surface area contributed by atoms with Crippen LogP contribution in [0.2, 0.25) is 0 Å². The zero-order chi connectivity index (χ0) is 24.8. The Kier molecular flexibility index (Phi) is 7.60. The summed E-state index contributed by atoms with van der Waals surface area (Å²) < 4.78 is 22.1. The van der Waals surface area contributed by atoms with E-state index in [0.717, 1.165) is 30.5 Å². The molecule has 0 atom stereocenters. The molecule has 0 radical (unpaired) electrons. The number of hydrogen-bond donors (Lipinski definition) is 1. The summed E-state index contributed by atoms with van der Waals surface area (Å²) in [7, 11) is 0. The number of ether oxygens (including phenoxy) is 3. The summed E-state index contributed by atoms with van der Waals surface area (Å²) in [5.41, 5.74) is 3.25. The molecule has 1 saturated carbocycles.